The van der Waals surface area contributed by atoms with Crippen LogP contribution in [0.1, 0.15) is 41.4 Å². The van der Waals surface area contributed by atoms with Gasteiger partial charge in [0.15, 0.2) is 11.5 Å². The number of benzene rings is 3. The van der Waals surface area contributed by atoms with E-state index in [0.717, 1.165) is 11.1 Å². The van der Waals surface area contributed by atoms with Gasteiger partial charge < -0.3 is 19.7 Å². The summed E-state index contributed by atoms with van der Waals surface area (Å²) >= 11 is 0. The molecule has 0 aliphatic heterocycles. The van der Waals surface area contributed by atoms with Gasteiger partial charge in [-0.2, -0.15) is 0 Å². The Morgan fingerprint density at radius 1 is 1.00 bits per heavy atom. The Bertz CT molecular complexity index is 1160. The molecule has 0 aliphatic rings. The highest BCUT2D eigenvalue weighted by atomic mass is 16.5. The summed E-state index contributed by atoms with van der Waals surface area (Å²) in [6.45, 7) is 4.38. The molecule has 0 fully saturated rings. The molecule has 0 radical (unpaired) electrons. The van der Waals surface area contributed by atoms with Gasteiger partial charge in [-0.1, -0.05) is 36.4 Å². The van der Waals surface area contributed by atoms with E-state index in [1.54, 1.807) is 37.3 Å². The minimum Gasteiger partial charge on any atom is -0.493 e. The Balaban J connectivity index is 1.68. The molecule has 0 aliphatic carbocycles. The van der Waals surface area contributed by atoms with Crippen molar-refractivity contribution in [2.75, 3.05) is 26.1 Å². The van der Waals surface area contributed by atoms with Crippen molar-refractivity contribution in [2.24, 2.45) is 0 Å². The van der Waals surface area contributed by atoms with Gasteiger partial charge in [0.1, 0.15) is 0 Å². The minimum absolute atomic E-state index is 0.139. The lowest BCUT2D eigenvalue weighted by atomic mass is 10.1. The topological polar surface area (TPSA) is 67.9 Å². The summed E-state index contributed by atoms with van der Waals surface area (Å²) in [7, 11) is 3.35. The van der Waals surface area contributed by atoms with Crippen LogP contribution in [0.4, 0.5) is 5.69 Å². The summed E-state index contributed by atoms with van der Waals surface area (Å²) in [6.07, 6.45) is 3.29. The maximum atomic E-state index is 12.8. The van der Waals surface area contributed by atoms with E-state index in [0.29, 0.717) is 29.4 Å². The molecule has 1 unspecified atom stereocenters. The molecule has 6 nitrogen and oxygen atoms in total. The minimum atomic E-state index is -0.194. The third-order valence-electron chi connectivity index (χ3n) is 5.50. The maximum absolute atomic E-state index is 12.8. The molecular weight excluding hydrogens is 428 g/mol. The molecule has 3 aromatic rings. The van der Waals surface area contributed by atoms with Crippen LogP contribution in [0.15, 0.2) is 78.9 Å². The fourth-order valence-electron chi connectivity index (χ4n) is 3.43. The number of anilines is 1. The number of hydrogen-bond donors (Lipinski definition) is 1. The van der Waals surface area contributed by atoms with E-state index in [-0.39, 0.29) is 17.9 Å². The zero-order valence-corrected chi connectivity index (χ0v) is 19.9. The summed E-state index contributed by atoms with van der Waals surface area (Å²) in [4.78, 5) is 26.9. The average Bonchev–Trinajstić information content (AvgIpc) is 2.87. The van der Waals surface area contributed by atoms with Crippen LogP contribution in [0.3, 0.4) is 0 Å². The van der Waals surface area contributed by atoms with Crippen molar-refractivity contribution >= 4 is 23.6 Å². The first-order valence-corrected chi connectivity index (χ1v) is 11.1. The zero-order chi connectivity index (χ0) is 24.5. The van der Waals surface area contributed by atoms with Gasteiger partial charge in [-0.15, -0.1) is 0 Å². The molecule has 6 heteroatoms. The standard InChI is InChI=1S/C28H30N2O4/c1-5-34-26-18-21(14-16-25(26)33-4)15-17-27(31)30(3)20(2)23-12-9-13-24(19-23)29-28(32)22-10-7-6-8-11-22/h6-20H,5H2,1-4H3,(H,29,32)/b17-15+. The smallest absolute Gasteiger partial charge is 0.255 e. The summed E-state index contributed by atoms with van der Waals surface area (Å²) in [6, 6.07) is 21.9. The first-order chi connectivity index (χ1) is 16.4. The van der Waals surface area contributed by atoms with Crippen LogP contribution in [0.25, 0.3) is 6.08 Å². The third kappa shape index (κ3) is 6.25. The number of carbonyl (C=O) groups is 2. The Morgan fingerprint density at radius 3 is 2.47 bits per heavy atom. The van der Waals surface area contributed by atoms with Crippen LogP contribution >= 0.6 is 0 Å². The van der Waals surface area contributed by atoms with Crippen LogP contribution in [-0.4, -0.2) is 37.5 Å². The molecule has 176 valence electrons. The molecular formula is C28H30N2O4. The molecule has 0 saturated carbocycles. The fraction of sp³-hybridized carbons (Fsp3) is 0.214. The molecule has 0 aromatic heterocycles. The highest BCUT2D eigenvalue weighted by molar-refractivity contribution is 6.04. The van der Waals surface area contributed by atoms with E-state index < -0.39 is 0 Å². The van der Waals surface area contributed by atoms with Crippen molar-refractivity contribution in [3.05, 3.63) is 95.6 Å². The monoisotopic (exact) mass is 458 g/mol. The van der Waals surface area contributed by atoms with E-state index in [9.17, 15) is 9.59 Å². The number of methoxy groups -OCH3 is 1. The second-order valence-electron chi connectivity index (χ2n) is 7.75. The van der Waals surface area contributed by atoms with E-state index in [1.165, 1.54) is 6.08 Å². The quantitative estimate of drug-likeness (QED) is 0.425. The van der Waals surface area contributed by atoms with Crippen molar-refractivity contribution in [1.82, 2.24) is 4.90 Å². The molecule has 0 saturated heterocycles. The predicted octanol–water partition coefficient (Wildman–Crippen LogP) is 5.58. The number of rotatable bonds is 9. The number of hydrogen-bond acceptors (Lipinski definition) is 4. The van der Waals surface area contributed by atoms with E-state index in [4.69, 9.17) is 9.47 Å². The van der Waals surface area contributed by atoms with Crippen molar-refractivity contribution in [1.29, 1.82) is 0 Å². The van der Waals surface area contributed by atoms with Gasteiger partial charge in [-0.3, -0.25) is 9.59 Å². The first kappa shape index (κ1) is 24.6. The van der Waals surface area contributed by atoms with E-state index in [2.05, 4.69) is 5.32 Å². The van der Waals surface area contributed by atoms with Gasteiger partial charge in [0, 0.05) is 24.4 Å². The van der Waals surface area contributed by atoms with Crippen molar-refractivity contribution in [2.45, 2.75) is 19.9 Å². The Hall–Kier alpha value is -4.06. The average molecular weight is 459 g/mol. The lowest BCUT2D eigenvalue weighted by Gasteiger charge is -2.24. The van der Waals surface area contributed by atoms with E-state index >= 15 is 0 Å². The van der Waals surface area contributed by atoms with Gasteiger partial charge in [-0.25, -0.2) is 0 Å². The maximum Gasteiger partial charge on any atom is 0.255 e. The second kappa shape index (κ2) is 11.7. The number of amides is 2. The van der Waals surface area contributed by atoms with Crippen molar-refractivity contribution in [3.8, 4) is 11.5 Å². The normalized spacial score (nSPS) is 11.6. The summed E-state index contributed by atoms with van der Waals surface area (Å²) in [5.74, 6) is 0.967. The molecule has 1 N–H and O–H groups in total. The Morgan fingerprint density at radius 2 is 1.76 bits per heavy atom. The van der Waals surface area contributed by atoms with Crippen molar-refractivity contribution < 1.29 is 19.1 Å². The number of ether oxygens (including phenoxy) is 2. The van der Waals surface area contributed by atoms with Gasteiger partial charge in [0.2, 0.25) is 5.91 Å². The molecule has 3 aromatic carbocycles. The number of nitrogens with one attached hydrogen (secondary N) is 1. The summed E-state index contributed by atoms with van der Waals surface area (Å²) in [5.41, 5.74) is 3.02. The first-order valence-electron chi connectivity index (χ1n) is 11.1. The zero-order valence-electron chi connectivity index (χ0n) is 19.9. The lowest BCUT2D eigenvalue weighted by molar-refractivity contribution is -0.126. The summed E-state index contributed by atoms with van der Waals surface area (Å²) in [5, 5.41) is 2.91. The Kier molecular flexibility index (Phi) is 8.46. The third-order valence-corrected chi connectivity index (χ3v) is 5.50. The molecule has 0 spiro atoms. The van der Waals surface area contributed by atoms with Gasteiger partial charge in [-0.05, 0) is 67.4 Å². The predicted molar refractivity (Wildman–Crippen MR) is 135 cm³/mol. The van der Waals surface area contributed by atoms with Crippen LogP contribution < -0.4 is 14.8 Å². The molecule has 1 atom stereocenters. The molecule has 3 rings (SSSR count). The van der Waals surface area contributed by atoms with Crippen LogP contribution in [0.2, 0.25) is 0 Å². The lowest BCUT2D eigenvalue weighted by Crippen LogP contribution is -2.28. The van der Waals surface area contributed by atoms with Gasteiger partial charge in [0.05, 0.1) is 19.8 Å². The highest BCUT2D eigenvalue weighted by Gasteiger charge is 2.16. The van der Waals surface area contributed by atoms with Crippen molar-refractivity contribution in [3.63, 3.8) is 0 Å². The molecule has 34 heavy (non-hydrogen) atoms. The van der Waals surface area contributed by atoms with Gasteiger partial charge in [0.25, 0.3) is 5.91 Å². The van der Waals surface area contributed by atoms with Crippen LogP contribution in [0.5, 0.6) is 11.5 Å². The van der Waals surface area contributed by atoms with E-state index in [1.807, 2.05) is 74.5 Å². The molecule has 0 heterocycles. The van der Waals surface area contributed by atoms with Crippen LogP contribution in [0, 0.1) is 0 Å². The largest absolute Gasteiger partial charge is 0.493 e. The number of carbonyl (C=O) groups excluding carboxylic acids is 2. The Labute approximate surface area is 200 Å². The van der Waals surface area contributed by atoms with Gasteiger partial charge >= 0.3 is 0 Å². The summed E-state index contributed by atoms with van der Waals surface area (Å²) < 4.78 is 10.9. The fourth-order valence-corrected chi connectivity index (χ4v) is 3.43. The number of nitrogens with zero attached hydrogens (tertiary/aromatic N) is 1. The second-order valence-corrected chi connectivity index (χ2v) is 7.75. The SMILES string of the molecule is CCOc1cc(/C=C/C(=O)N(C)C(C)c2cccc(NC(=O)c3ccccc3)c2)ccc1OC. The van der Waals surface area contributed by atoms with Crippen LogP contribution in [-0.2, 0) is 4.79 Å². The highest BCUT2D eigenvalue weighted by Crippen LogP contribution is 2.29. The number of likely N-dealkylation sites (N-methyl/N-ethyl adjacent to an activating group) is 1. The molecule has 2 amide bonds. The molecule has 0 bridgehead atoms.